The van der Waals surface area contributed by atoms with Crippen molar-refractivity contribution in [2.75, 3.05) is 5.73 Å². The fourth-order valence-corrected chi connectivity index (χ4v) is 2.55. The highest BCUT2D eigenvalue weighted by atomic mass is 35.5. The third kappa shape index (κ3) is 2.24. The Morgan fingerprint density at radius 3 is 2.90 bits per heavy atom. The third-order valence-corrected chi connectivity index (χ3v) is 3.61. The lowest BCUT2D eigenvalue weighted by Crippen LogP contribution is -2.12. The predicted octanol–water partition coefficient (Wildman–Crippen LogP) is 3.06. The molecule has 5 heteroatoms. The molecule has 0 aliphatic carbocycles. The van der Waals surface area contributed by atoms with Gasteiger partial charge in [0.15, 0.2) is 0 Å². The van der Waals surface area contributed by atoms with Gasteiger partial charge in [0.05, 0.1) is 11.1 Å². The average molecular weight is 289 g/mol. The van der Waals surface area contributed by atoms with Crippen LogP contribution in [0.1, 0.15) is 17.2 Å². The van der Waals surface area contributed by atoms with Crippen LogP contribution in [0.5, 0.6) is 11.5 Å². The summed E-state index contributed by atoms with van der Waals surface area (Å²) in [5.74, 6) is 1.25. The molecule has 4 nitrogen and oxygen atoms in total. The van der Waals surface area contributed by atoms with Crippen LogP contribution in [0.2, 0.25) is 5.02 Å². The van der Waals surface area contributed by atoms with Crippen molar-refractivity contribution in [1.29, 1.82) is 0 Å². The van der Waals surface area contributed by atoms with Crippen LogP contribution in [-0.4, -0.2) is 6.29 Å². The number of rotatable bonds is 3. The number of fused-ring (bicyclic) bond motifs is 1. The monoisotopic (exact) mass is 288 g/mol. The van der Waals surface area contributed by atoms with Crippen molar-refractivity contribution in [1.82, 2.24) is 5.32 Å². The zero-order chi connectivity index (χ0) is 14.1. The Bertz CT molecular complexity index is 673. The Labute approximate surface area is 121 Å². The number of ether oxygens (including phenoxy) is 1. The van der Waals surface area contributed by atoms with E-state index in [-0.39, 0.29) is 6.04 Å². The number of hydrogen-bond donors (Lipinski definition) is 2. The van der Waals surface area contributed by atoms with Crippen LogP contribution in [-0.2, 0) is 11.3 Å². The molecule has 0 radical (unpaired) electrons. The molecular weight excluding hydrogens is 276 g/mol. The van der Waals surface area contributed by atoms with Crippen LogP contribution in [0.25, 0.3) is 0 Å². The number of anilines is 1. The summed E-state index contributed by atoms with van der Waals surface area (Å²) in [4.78, 5) is 11.0. The highest BCUT2D eigenvalue weighted by Crippen LogP contribution is 2.36. The minimum Gasteiger partial charge on any atom is -0.455 e. The normalized spacial score (nSPS) is 16.8. The van der Waals surface area contributed by atoms with Gasteiger partial charge < -0.3 is 15.3 Å². The minimum absolute atomic E-state index is 0.268. The third-order valence-electron chi connectivity index (χ3n) is 3.32. The summed E-state index contributed by atoms with van der Waals surface area (Å²) in [6, 6.07) is 10.5. The number of halogens is 1. The first-order valence-corrected chi connectivity index (χ1v) is 6.60. The van der Waals surface area contributed by atoms with Gasteiger partial charge in [0, 0.05) is 17.8 Å². The maximum absolute atomic E-state index is 11.0. The molecule has 1 heterocycles. The zero-order valence-electron chi connectivity index (χ0n) is 10.6. The SMILES string of the molecule is Nc1ccc(Oc2cccc3c2CNC3C=O)c(Cl)c1. The van der Waals surface area contributed by atoms with Gasteiger partial charge in [-0.2, -0.15) is 0 Å². The molecule has 1 atom stereocenters. The first-order chi connectivity index (χ1) is 9.69. The van der Waals surface area contributed by atoms with Crippen LogP contribution in [0, 0.1) is 0 Å². The molecule has 0 fully saturated rings. The Balaban J connectivity index is 1.96. The second-order valence-corrected chi connectivity index (χ2v) is 5.02. The number of nitrogens with two attached hydrogens (primary N) is 1. The van der Waals surface area contributed by atoms with Gasteiger partial charge in [-0.15, -0.1) is 0 Å². The molecule has 0 saturated heterocycles. The minimum atomic E-state index is -0.268. The summed E-state index contributed by atoms with van der Waals surface area (Å²) in [6.07, 6.45) is 0.895. The summed E-state index contributed by atoms with van der Waals surface area (Å²) in [7, 11) is 0. The zero-order valence-corrected chi connectivity index (χ0v) is 11.4. The fraction of sp³-hybridized carbons (Fsp3) is 0.133. The lowest BCUT2D eigenvalue weighted by atomic mass is 10.1. The molecule has 2 aromatic carbocycles. The quantitative estimate of drug-likeness (QED) is 0.673. The van der Waals surface area contributed by atoms with Crippen molar-refractivity contribution < 1.29 is 9.53 Å². The molecule has 0 aromatic heterocycles. The molecule has 2 aromatic rings. The van der Waals surface area contributed by atoms with Gasteiger partial charge in [-0.05, 0) is 29.8 Å². The van der Waals surface area contributed by atoms with Crippen LogP contribution in [0.4, 0.5) is 5.69 Å². The van der Waals surface area contributed by atoms with Crippen LogP contribution in [0.15, 0.2) is 36.4 Å². The molecule has 1 unspecified atom stereocenters. The van der Waals surface area contributed by atoms with E-state index < -0.39 is 0 Å². The van der Waals surface area contributed by atoms with Crippen molar-refractivity contribution in [3.8, 4) is 11.5 Å². The number of nitrogens with one attached hydrogen (secondary N) is 1. The molecule has 3 N–H and O–H groups in total. The van der Waals surface area contributed by atoms with Crippen molar-refractivity contribution in [2.24, 2.45) is 0 Å². The Kier molecular flexibility index (Phi) is 3.34. The van der Waals surface area contributed by atoms with E-state index in [0.717, 1.165) is 17.4 Å². The fourth-order valence-electron chi connectivity index (χ4n) is 2.32. The number of carbonyl (C=O) groups excluding carboxylic acids is 1. The van der Waals surface area contributed by atoms with Gasteiger partial charge >= 0.3 is 0 Å². The van der Waals surface area contributed by atoms with Crippen molar-refractivity contribution in [3.63, 3.8) is 0 Å². The molecule has 0 spiro atoms. The average Bonchev–Trinajstić information content (AvgIpc) is 2.86. The summed E-state index contributed by atoms with van der Waals surface area (Å²) in [5, 5.41) is 3.58. The molecule has 3 rings (SSSR count). The van der Waals surface area contributed by atoms with Crippen LogP contribution < -0.4 is 15.8 Å². The van der Waals surface area contributed by atoms with Gasteiger partial charge in [0.1, 0.15) is 17.8 Å². The van der Waals surface area contributed by atoms with E-state index in [1.54, 1.807) is 18.2 Å². The van der Waals surface area contributed by atoms with Gasteiger partial charge in [0.2, 0.25) is 0 Å². The Hall–Kier alpha value is -2.04. The predicted molar refractivity (Wildman–Crippen MR) is 78.0 cm³/mol. The molecule has 102 valence electrons. The van der Waals surface area contributed by atoms with E-state index in [4.69, 9.17) is 22.1 Å². The Morgan fingerprint density at radius 1 is 1.30 bits per heavy atom. The second-order valence-electron chi connectivity index (χ2n) is 4.61. The number of aldehydes is 1. The number of carbonyl (C=O) groups is 1. The molecule has 0 saturated carbocycles. The van der Waals surface area contributed by atoms with Crippen molar-refractivity contribution in [3.05, 3.63) is 52.5 Å². The van der Waals surface area contributed by atoms with E-state index in [0.29, 0.717) is 28.8 Å². The highest BCUT2D eigenvalue weighted by molar-refractivity contribution is 6.32. The highest BCUT2D eigenvalue weighted by Gasteiger charge is 2.24. The van der Waals surface area contributed by atoms with E-state index in [2.05, 4.69) is 5.32 Å². The lowest BCUT2D eigenvalue weighted by Gasteiger charge is -2.12. The van der Waals surface area contributed by atoms with Gasteiger partial charge in [-0.25, -0.2) is 0 Å². The summed E-state index contributed by atoms with van der Waals surface area (Å²) >= 11 is 6.11. The van der Waals surface area contributed by atoms with Crippen molar-refractivity contribution in [2.45, 2.75) is 12.6 Å². The second kappa shape index (κ2) is 5.15. The number of nitrogen functional groups attached to an aromatic ring is 1. The molecule has 0 bridgehead atoms. The van der Waals surface area contributed by atoms with Crippen molar-refractivity contribution >= 4 is 23.6 Å². The maximum Gasteiger partial charge on any atom is 0.146 e. The summed E-state index contributed by atoms with van der Waals surface area (Å²) in [6.45, 7) is 0.599. The Morgan fingerprint density at radius 2 is 2.15 bits per heavy atom. The van der Waals surface area contributed by atoms with E-state index in [9.17, 15) is 4.79 Å². The molecule has 20 heavy (non-hydrogen) atoms. The van der Waals surface area contributed by atoms with Gasteiger partial charge in [-0.3, -0.25) is 5.32 Å². The van der Waals surface area contributed by atoms with Gasteiger partial charge in [-0.1, -0.05) is 23.7 Å². The van der Waals surface area contributed by atoms with Crippen LogP contribution in [0.3, 0.4) is 0 Å². The number of benzene rings is 2. The largest absolute Gasteiger partial charge is 0.455 e. The van der Waals surface area contributed by atoms with E-state index >= 15 is 0 Å². The first kappa shape index (κ1) is 13.0. The standard InChI is InChI=1S/C15H13ClN2O2/c16-12-6-9(17)4-5-15(12)20-14-3-1-2-10-11(14)7-18-13(10)8-19/h1-6,8,13,18H,7,17H2. The maximum atomic E-state index is 11.0. The lowest BCUT2D eigenvalue weighted by molar-refractivity contribution is -0.109. The molecular formula is C15H13ClN2O2. The van der Waals surface area contributed by atoms with Crippen LogP contribution >= 0.6 is 11.6 Å². The molecule has 1 aliphatic rings. The van der Waals surface area contributed by atoms with Gasteiger partial charge in [0.25, 0.3) is 0 Å². The van der Waals surface area contributed by atoms with E-state index in [1.807, 2.05) is 18.2 Å². The summed E-state index contributed by atoms with van der Waals surface area (Å²) < 4.78 is 5.86. The smallest absolute Gasteiger partial charge is 0.146 e. The number of hydrogen-bond acceptors (Lipinski definition) is 4. The first-order valence-electron chi connectivity index (χ1n) is 6.22. The molecule has 0 amide bonds. The van der Waals surface area contributed by atoms with E-state index in [1.165, 1.54) is 0 Å². The molecule has 1 aliphatic heterocycles. The summed E-state index contributed by atoms with van der Waals surface area (Å²) in [5.41, 5.74) is 8.18. The topological polar surface area (TPSA) is 64.3 Å².